The maximum Gasteiger partial charge on any atom is 0.349 e. The molecule has 4 aromatic rings. The molecule has 3 heterocycles. The number of fused-ring (bicyclic) bond motifs is 2. The Morgan fingerprint density at radius 1 is 1.06 bits per heavy atom. The predicted octanol–water partition coefficient (Wildman–Crippen LogP) is 4.24. The number of nitrogens with one attached hydrogen (secondary N) is 1. The molecule has 1 atom stereocenters. The number of thiophene rings is 1. The van der Waals surface area contributed by atoms with Crippen molar-refractivity contribution < 1.29 is 23.8 Å². The maximum atomic E-state index is 13.1. The second kappa shape index (κ2) is 8.68. The quantitative estimate of drug-likeness (QED) is 0.446. The van der Waals surface area contributed by atoms with Crippen LogP contribution in [0.4, 0.5) is 0 Å². The lowest BCUT2D eigenvalue weighted by atomic mass is 10.1. The largest absolute Gasteiger partial charge is 0.454 e. The molecule has 32 heavy (non-hydrogen) atoms. The Morgan fingerprint density at radius 2 is 1.97 bits per heavy atom. The van der Waals surface area contributed by atoms with Crippen molar-refractivity contribution in [2.24, 2.45) is 0 Å². The molecule has 1 N–H and O–H groups in total. The van der Waals surface area contributed by atoms with Crippen molar-refractivity contribution in [3.05, 3.63) is 88.2 Å². The van der Waals surface area contributed by atoms with E-state index in [1.165, 1.54) is 11.3 Å². The highest BCUT2D eigenvalue weighted by Crippen LogP contribution is 2.32. The van der Waals surface area contributed by atoms with Gasteiger partial charge in [0.25, 0.3) is 5.91 Å². The van der Waals surface area contributed by atoms with E-state index < -0.39 is 18.0 Å². The van der Waals surface area contributed by atoms with E-state index in [1.807, 2.05) is 36.4 Å². The van der Waals surface area contributed by atoms with Crippen LogP contribution in [0.15, 0.2) is 72.2 Å². The summed E-state index contributed by atoms with van der Waals surface area (Å²) in [5, 5.41) is 5.50. The zero-order valence-corrected chi connectivity index (χ0v) is 17.6. The lowest BCUT2D eigenvalue weighted by Gasteiger charge is -2.18. The van der Waals surface area contributed by atoms with Crippen molar-refractivity contribution in [1.82, 2.24) is 10.3 Å². The van der Waals surface area contributed by atoms with Crippen LogP contribution in [-0.4, -0.2) is 23.7 Å². The van der Waals surface area contributed by atoms with Gasteiger partial charge in [-0.1, -0.05) is 24.3 Å². The van der Waals surface area contributed by atoms with Crippen LogP contribution in [0.2, 0.25) is 0 Å². The van der Waals surface area contributed by atoms with Gasteiger partial charge in [0.1, 0.15) is 4.88 Å². The molecule has 0 aliphatic carbocycles. The molecule has 2 aromatic carbocycles. The summed E-state index contributed by atoms with van der Waals surface area (Å²) in [6.45, 7) is 0.431. The third-order valence-electron chi connectivity index (χ3n) is 5.02. The third-order valence-corrected chi connectivity index (χ3v) is 5.87. The number of carbonyl (C=O) groups excluding carboxylic acids is 2. The molecule has 1 aliphatic rings. The highest BCUT2D eigenvalue weighted by molar-refractivity contribution is 7.11. The molecule has 0 saturated heterocycles. The van der Waals surface area contributed by atoms with Crippen LogP contribution in [-0.2, 0) is 16.1 Å². The van der Waals surface area contributed by atoms with E-state index in [4.69, 9.17) is 14.2 Å². The standard InChI is InChI=1S/C24H18N2O5S/c27-23(26-13-15-5-8-19-20(11-15)30-14-29-19)22(31-24(28)21-4-2-10-32-21)17-6-7-18-16(12-17)3-1-9-25-18/h1-12,22H,13-14H2,(H,26,27). The first-order valence-corrected chi connectivity index (χ1v) is 10.8. The molecular weight excluding hydrogens is 428 g/mol. The second-order valence-electron chi connectivity index (χ2n) is 7.12. The highest BCUT2D eigenvalue weighted by atomic mass is 32.1. The lowest BCUT2D eigenvalue weighted by molar-refractivity contribution is -0.130. The number of aromatic nitrogens is 1. The Labute approximate surface area is 187 Å². The number of pyridine rings is 1. The Morgan fingerprint density at radius 3 is 2.84 bits per heavy atom. The number of ether oxygens (including phenoxy) is 3. The van der Waals surface area contributed by atoms with E-state index in [0.29, 0.717) is 21.9 Å². The van der Waals surface area contributed by atoms with Crippen molar-refractivity contribution in [3.63, 3.8) is 0 Å². The Balaban J connectivity index is 1.38. The first-order chi connectivity index (χ1) is 15.7. The third kappa shape index (κ3) is 4.13. The summed E-state index contributed by atoms with van der Waals surface area (Å²) in [5.41, 5.74) is 2.20. The number of benzene rings is 2. The fraction of sp³-hybridized carbons (Fsp3) is 0.125. The van der Waals surface area contributed by atoms with E-state index in [9.17, 15) is 9.59 Å². The first-order valence-electron chi connectivity index (χ1n) is 9.93. The Bertz CT molecular complexity index is 1290. The van der Waals surface area contributed by atoms with Crippen LogP contribution in [0.3, 0.4) is 0 Å². The number of rotatable bonds is 6. The molecule has 5 rings (SSSR count). The van der Waals surface area contributed by atoms with E-state index in [-0.39, 0.29) is 13.3 Å². The van der Waals surface area contributed by atoms with Crippen molar-refractivity contribution in [1.29, 1.82) is 0 Å². The molecule has 1 amide bonds. The summed E-state index contributed by atoms with van der Waals surface area (Å²) < 4.78 is 16.4. The van der Waals surface area contributed by atoms with E-state index in [1.54, 1.807) is 35.8 Å². The van der Waals surface area contributed by atoms with Crippen molar-refractivity contribution in [2.45, 2.75) is 12.6 Å². The molecule has 0 saturated carbocycles. The number of nitrogens with zero attached hydrogens (tertiary/aromatic N) is 1. The summed E-state index contributed by atoms with van der Waals surface area (Å²) in [6.07, 6.45) is 0.595. The Kier molecular flexibility index (Phi) is 5.43. The van der Waals surface area contributed by atoms with Crippen LogP contribution >= 0.6 is 11.3 Å². The summed E-state index contributed by atoms with van der Waals surface area (Å²) >= 11 is 1.26. The van der Waals surface area contributed by atoms with E-state index >= 15 is 0 Å². The number of hydrogen-bond acceptors (Lipinski definition) is 7. The molecule has 8 heteroatoms. The van der Waals surface area contributed by atoms with Gasteiger partial charge < -0.3 is 19.5 Å². The average Bonchev–Trinajstić information content (AvgIpc) is 3.52. The van der Waals surface area contributed by atoms with Gasteiger partial charge in [0.15, 0.2) is 11.5 Å². The second-order valence-corrected chi connectivity index (χ2v) is 8.07. The minimum atomic E-state index is -1.11. The summed E-state index contributed by atoms with van der Waals surface area (Å²) in [5.74, 6) is 0.345. The molecule has 2 aromatic heterocycles. The highest BCUT2D eigenvalue weighted by Gasteiger charge is 2.26. The van der Waals surface area contributed by atoms with Gasteiger partial charge in [0.05, 0.1) is 5.52 Å². The summed E-state index contributed by atoms with van der Waals surface area (Å²) in [7, 11) is 0. The van der Waals surface area contributed by atoms with Crippen molar-refractivity contribution >= 4 is 34.1 Å². The van der Waals surface area contributed by atoms with Crippen LogP contribution < -0.4 is 14.8 Å². The monoisotopic (exact) mass is 446 g/mol. The summed E-state index contributed by atoms with van der Waals surface area (Å²) in [4.78, 5) is 30.5. The van der Waals surface area contributed by atoms with Crippen LogP contribution in [0.1, 0.15) is 26.9 Å². The predicted molar refractivity (Wildman–Crippen MR) is 119 cm³/mol. The topological polar surface area (TPSA) is 86.8 Å². The van der Waals surface area contributed by atoms with Gasteiger partial charge in [0.2, 0.25) is 12.9 Å². The van der Waals surface area contributed by atoms with Gasteiger partial charge in [-0.25, -0.2) is 4.79 Å². The van der Waals surface area contributed by atoms with E-state index in [2.05, 4.69) is 10.3 Å². The smallest absolute Gasteiger partial charge is 0.349 e. The van der Waals surface area contributed by atoms with Gasteiger partial charge in [-0.05, 0) is 47.3 Å². The fourth-order valence-electron chi connectivity index (χ4n) is 3.42. The van der Waals surface area contributed by atoms with Gasteiger partial charge in [-0.15, -0.1) is 11.3 Å². The van der Waals surface area contributed by atoms with E-state index in [0.717, 1.165) is 16.5 Å². The maximum absolute atomic E-state index is 13.1. The van der Waals surface area contributed by atoms with Crippen molar-refractivity contribution in [2.75, 3.05) is 6.79 Å². The number of amides is 1. The average molecular weight is 446 g/mol. The molecule has 160 valence electrons. The van der Waals surface area contributed by atoms with Gasteiger partial charge in [-0.2, -0.15) is 0 Å². The van der Waals surface area contributed by atoms with Gasteiger partial charge in [-0.3, -0.25) is 9.78 Å². The first kappa shape index (κ1) is 20.0. The molecule has 0 radical (unpaired) electrons. The van der Waals surface area contributed by atoms with Gasteiger partial charge in [0, 0.05) is 23.7 Å². The minimum absolute atomic E-state index is 0.183. The zero-order chi connectivity index (χ0) is 21.9. The molecule has 0 fully saturated rings. The van der Waals surface area contributed by atoms with Crippen LogP contribution in [0, 0.1) is 0 Å². The molecule has 7 nitrogen and oxygen atoms in total. The van der Waals surface area contributed by atoms with Crippen LogP contribution in [0.5, 0.6) is 11.5 Å². The molecule has 1 unspecified atom stereocenters. The molecule has 1 aliphatic heterocycles. The number of hydrogen-bond donors (Lipinski definition) is 1. The normalized spacial score (nSPS) is 13.0. The molecular formula is C24H18N2O5S. The number of esters is 1. The van der Waals surface area contributed by atoms with Crippen molar-refractivity contribution in [3.8, 4) is 11.5 Å². The number of carbonyl (C=O) groups is 2. The Hall–Kier alpha value is -3.91. The minimum Gasteiger partial charge on any atom is -0.454 e. The lowest BCUT2D eigenvalue weighted by Crippen LogP contribution is -2.31. The van der Waals surface area contributed by atoms with Gasteiger partial charge >= 0.3 is 5.97 Å². The fourth-order valence-corrected chi connectivity index (χ4v) is 4.03. The zero-order valence-electron chi connectivity index (χ0n) is 16.8. The molecule has 0 bridgehead atoms. The van der Waals surface area contributed by atoms with Crippen LogP contribution in [0.25, 0.3) is 10.9 Å². The SMILES string of the molecule is O=C(OC(C(=O)NCc1ccc2c(c1)OCO2)c1ccc2ncccc2c1)c1cccs1. The molecule has 0 spiro atoms. The summed E-state index contributed by atoms with van der Waals surface area (Å²) in [6, 6.07) is 18.0.